The van der Waals surface area contributed by atoms with Crippen molar-refractivity contribution >= 4 is 0 Å². The Labute approximate surface area is 143 Å². The molecule has 0 aliphatic carbocycles. The van der Waals surface area contributed by atoms with Gasteiger partial charge in [-0.1, -0.05) is 19.8 Å². The molecule has 0 aliphatic rings. The molecule has 0 saturated heterocycles. The lowest BCUT2D eigenvalue weighted by Crippen LogP contribution is -2.09. The third-order valence-electron chi connectivity index (χ3n) is 3.58. The molecule has 0 N–H and O–H groups in total. The summed E-state index contributed by atoms with van der Waals surface area (Å²) in [5, 5.41) is 0. The fraction of sp³-hybridized carbons (Fsp3) is 0.294. The van der Waals surface area contributed by atoms with Gasteiger partial charge in [-0.05, 0) is 6.42 Å². The Hall–Kier alpha value is -2.32. The van der Waals surface area contributed by atoms with E-state index < -0.39 is 63.4 Å². The Morgan fingerprint density at radius 2 is 1.12 bits per heavy atom. The van der Waals surface area contributed by atoms with Gasteiger partial charge in [0.15, 0.2) is 40.7 Å². The molecule has 26 heavy (non-hydrogen) atoms. The molecular weight excluding hydrogens is 372 g/mol. The first-order valence-electron chi connectivity index (χ1n) is 7.54. The molecule has 2 aromatic rings. The van der Waals surface area contributed by atoms with Gasteiger partial charge in [0.1, 0.15) is 0 Å². The zero-order valence-electron chi connectivity index (χ0n) is 13.3. The van der Waals surface area contributed by atoms with Crippen LogP contribution in [0.15, 0.2) is 6.07 Å². The highest BCUT2D eigenvalue weighted by molar-refractivity contribution is 5.68. The van der Waals surface area contributed by atoms with E-state index in [1.165, 1.54) is 0 Å². The molecule has 0 spiro atoms. The summed E-state index contributed by atoms with van der Waals surface area (Å²) in [5.41, 5.74) is -3.80. The first kappa shape index (κ1) is 20.0. The second-order valence-electron chi connectivity index (χ2n) is 5.36. The maximum atomic E-state index is 14.1. The number of rotatable bonds is 6. The van der Waals surface area contributed by atoms with Gasteiger partial charge in [0.2, 0.25) is 11.6 Å². The molecule has 0 unspecified atom stereocenters. The van der Waals surface area contributed by atoms with Gasteiger partial charge in [-0.3, -0.25) is 0 Å². The molecule has 1 nitrogen and oxygen atoms in total. The van der Waals surface area contributed by atoms with Crippen LogP contribution in [0.3, 0.4) is 0 Å². The van der Waals surface area contributed by atoms with E-state index in [1.807, 2.05) is 6.92 Å². The van der Waals surface area contributed by atoms with E-state index in [0.717, 1.165) is 6.42 Å². The van der Waals surface area contributed by atoms with Crippen LogP contribution in [-0.2, 0) is 0 Å². The fourth-order valence-corrected chi connectivity index (χ4v) is 2.28. The van der Waals surface area contributed by atoms with Crippen molar-refractivity contribution in [3.63, 3.8) is 0 Å². The summed E-state index contributed by atoms with van der Waals surface area (Å²) in [4.78, 5) is 0. The minimum absolute atomic E-state index is 0.206. The van der Waals surface area contributed by atoms with Crippen molar-refractivity contribution in [3.05, 3.63) is 52.6 Å². The largest absolute Gasteiger partial charge is 0.487 e. The predicted octanol–water partition coefficient (Wildman–Crippen LogP) is 6.04. The van der Waals surface area contributed by atoms with E-state index >= 15 is 0 Å². The van der Waals surface area contributed by atoms with Crippen LogP contribution < -0.4 is 4.74 Å². The number of unbranched alkanes of at least 4 members (excludes halogenated alkanes) is 2. The van der Waals surface area contributed by atoms with Gasteiger partial charge in [0, 0.05) is 6.07 Å². The average Bonchev–Trinajstić information content (AvgIpc) is 2.60. The summed E-state index contributed by atoms with van der Waals surface area (Å²) < 4.78 is 115. The van der Waals surface area contributed by atoms with Gasteiger partial charge < -0.3 is 4.74 Å². The topological polar surface area (TPSA) is 9.23 Å². The van der Waals surface area contributed by atoms with Crippen molar-refractivity contribution in [2.75, 3.05) is 6.61 Å². The Morgan fingerprint density at radius 3 is 1.58 bits per heavy atom. The van der Waals surface area contributed by atoms with Gasteiger partial charge in [0.25, 0.3) is 0 Å². The summed E-state index contributed by atoms with van der Waals surface area (Å²) in [5.74, 6) is -18.4. The minimum Gasteiger partial charge on any atom is -0.487 e. The summed E-state index contributed by atoms with van der Waals surface area (Å²) >= 11 is 0. The van der Waals surface area contributed by atoms with Crippen molar-refractivity contribution in [1.29, 1.82) is 0 Å². The molecule has 0 bridgehead atoms. The number of halogens is 8. The van der Waals surface area contributed by atoms with Crippen LogP contribution in [-0.4, -0.2) is 6.61 Å². The zero-order valence-corrected chi connectivity index (χ0v) is 13.3. The zero-order chi connectivity index (χ0) is 19.6. The molecule has 0 aliphatic heterocycles. The number of hydrogen-bond acceptors (Lipinski definition) is 1. The summed E-state index contributed by atoms with van der Waals surface area (Å²) in [6.07, 6.45) is 1.68. The van der Waals surface area contributed by atoms with Crippen LogP contribution in [0.2, 0.25) is 0 Å². The second-order valence-corrected chi connectivity index (χ2v) is 5.36. The molecule has 0 heterocycles. The Bertz CT molecular complexity index is 779. The van der Waals surface area contributed by atoms with Crippen molar-refractivity contribution < 1.29 is 39.9 Å². The highest BCUT2D eigenvalue weighted by Crippen LogP contribution is 2.39. The minimum atomic E-state index is -2.24. The van der Waals surface area contributed by atoms with Gasteiger partial charge in [0.05, 0.1) is 17.7 Å². The predicted molar refractivity (Wildman–Crippen MR) is 76.6 cm³/mol. The molecule has 2 aromatic carbocycles. The van der Waals surface area contributed by atoms with Gasteiger partial charge in [-0.25, -0.2) is 26.3 Å². The van der Waals surface area contributed by atoms with Gasteiger partial charge >= 0.3 is 0 Å². The molecule has 2 rings (SSSR count). The number of hydrogen-bond donors (Lipinski definition) is 0. The van der Waals surface area contributed by atoms with Gasteiger partial charge in [-0.15, -0.1) is 0 Å². The first-order chi connectivity index (χ1) is 12.2. The van der Waals surface area contributed by atoms with E-state index in [2.05, 4.69) is 4.74 Å². The molecule has 0 aromatic heterocycles. The lowest BCUT2D eigenvalue weighted by atomic mass is 10.0. The van der Waals surface area contributed by atoms with E-state index in [-0.39, 0.29) is 12.7 Å². The monoisotopic (exact) mass is 384 g/mol. The third kappa shape index (κ3) is 3.47. The molecule has 0 fully saturated rings. The molecule has 0 saturated carbocycles. The van der Waals surface area contributed by atoms with Crippen LogP contribution in [0.5, 0.6) is 5.75 Å². The highest BCUT2D eigenvalue weighted by Gasteiger charge is 2.32. The van der Waals surface area contributed by atoms with Crippen molar-refractivity contribution in [3.8, 4) is 16.9 Å². The Morgan fingerprint density at radius 1 is 0.654 bits per heavy atom. The second kappa shape index (κ2) is 7.92. The standard InChI is InChI=1S/C17H12F8O/c1-2-3-4-5-26-17-15(24)13(22)10(14(23)16(17)25)9-11(20)7(18)6-8(19)12(9)21/h6H,2-5H2,1H3. The number of benzene rings is 2. The SMILES string of the molecule is CCCCCOc1c(F)c(F)c(-c2c(F)c(F)cc(F)c2F)c(F)c1F. The van der Waals surface area contributed by atoms with Crippen LogP contribution in [0.4, 0.5) is 35.1 Å². The first-order valence-corrected chi connectivity index (χ1v) is 7.54. The lowest BCUT2D eigenvalue weighted by Gasteiger charge is -2.14. The van der Waals surface area contributed by atoms with E-state index in [1.54, 1.807) is 0 Å². The van der Waals surface area contributed by atoms with Crippen LogP contribution in [0.25, 0.3) is 11.1 Å². The highest BCUT2D eigenvalue weighted by atomic mass is 19.2. The lowest BCUT2D eigenvalue weighted by molar-refractivity contribution is 0.265. The quantitative estimate of drug-likeness (QED) is 0.335. The summed E-state index contributed by atoms with van der Waals surface area (Å²) in [7, 11) is 0. The van der Waals surface area contributed by atoms with Gasteiger partial charge in [-0.2, -0.15) is 8.78 Å². The van der Waals surface area contributed by atoms with Crippen LogP contribution in [0, 0.1) is 46.5 Å². The Balaban J connectivity index is 2.64. The maximum absolute atomic E-state index is 14.1. The molecule has 0 radical (unpaired) electrons. The molecule has 0 atom stereocenters. The van der Waals surface area contributed by atoms with E-state index in [4.69, 9.17) is 0 Å². The smallest absolute Gasteiger partial charge is 0.204 e. The van der Waals surface area contributed by atoms with E-state index in [0.29, 0.717) is 12.8 Å². The number of ether oxygens (including phenoxy) is 1. The molecule has 9 heteroatoms. The molecular formula is C17H12F8O. The summed E-state index contributed by atoms with van der Waals surface area (Å²) in [6.45, 7) is 1.56. The van der Waals surface area contributed by atoms with Crippen molar-refractivity contribution in [1.82, 2.24) is 0 Å². The normalized spacial score (nSPS) is 11.1. The molecule has 142 valence electrons. The Kier molecular flexibility index (Phi) is 6.09. The fourth-order valence-electron chi connectivity index (χ4n) is 2.28. The van der Waals surface area contributed by atoms with Crippen LogP contribution in [0.1, 0.15) is 26.2 Å². The third-order valence-corrected chi connectivity index (χ3v) is 3.58. The average molecular weight is 384 g/mol. The van der Waals surface area contributed by atoms with Crippen LogP contribution >= 0.6 is 0 Å². The maximum Gasteiger partial charge on any atom is 0.204 e. The van der Waals surface area contributed by atoms with Crippen molar-refractivity contribution in [2.24, 2.45) is 0 Å². The van der Waals surface area contributed by atoms with E-state index in [9.17, 15) is 35.1 Å². The van der Waals surface area contributed by atoms with Crippen molar-refractivity contribution in [2.45, 2.75) is 26.2 Å². The summed E-state index contributed by atoms with van der Waals surface area (Å²) in [6, 6.07) is -0.206. The molecule has 0 amide bonds.